The fourth-order valence-electron chi connectivity index (χ4n) is 3.88. The molecule has 1 aliphatic heterocycles. The summed E-state index contributed by atoms with van der Waals surface area (Å²) < 4.78 is 18.8. The molecule has 1 N–H and O–H groups in total. The number of ether oxygens (including phenoxy) is 3. The van der Waals surface area contributed by atoms with Gasteiger partial charge >= 0.3 is 5.97 Å². The van der Waals surface area contributed by atoms with Crippen molar-refractivity contribution in [3.8, 4) is 0 Å². The number of rotatable bonds is 11. The quantitative estimate of drug-likeness (QED) is 0.425. The van der Waals surface area contributed by atoms with Gasteiger partial charge in [0.25, 0.3) is 0 Å². The zero-order chi connectivity index (χ0) is 22.3. The van der Waals surface area contributed by atoms with Crippen LogP contribution in [0, 0.1) is 6.92 Å². The molecule has 0 radical (unpaired) electrons. The third-order valence-corrected chi connectivity index (χ3v) is 5.55. The highest BCUT2D eigenvalue weighted by atomic mass is 16.7. The number of imidazole rings is 1. The van der Waals surface area contributed by atoms with Crippen molar-refractivity contribution in [2.75, 3.05) is 7.11 Å². The van der Waals surface area contributed by atoms with Gasteiger partial charge in [0.2, 0.25) is 0 Å². The highest BCUT2D eigenvalue weighted by Crippen LogP contribution is 2.32. The molecule has 0 bridgehead atoms. The van der Waals surface area contributed by atoms with Gasteiger partial charge in [0.05, 0.1) is 30.7 Å². The zero-order valence-corrected chi connectivity index (χ0v) is 19.3. The van der Waals surface area contributed by atoms with Crippen molar-refractivity contribution in [2.45, 2.75) is 96.7 Å². The van der Waals surface area contributed by atoms with Crippen LogP contribution >= 0.6 is 0 Å². The van der Waals surface area contributed by atoms with Crippen molar-refractivity contribution in [3.05, 3.63) is 23.3 Å². The van der Waals surface area contributed by atoms with Crippen LogP contribution in [0.1, 0.15) is 89.0 Å². The van der Waals surface area contributed by atoms with Crippen molar-refractivity contribution < 1.29 is 24.1 Å². The molecule has 1 aromatic rings. The van der Waals surface area contributed by atoms with E-state index in [2.05, 4.69) is 11.9 Å². The molecule has 1 aliphatic rings. The summed E-state index contributed by atoms with van der Waals surface area (Å²) in [7, 11) is 3.33. The monoisotopic (exact) mass is 422 g/mol. The maximum absolute atomic E-state index is 11.4. The van der Waals surface area contributed by atoms with E-state index < -0.39 is 11.9 Å². The van der Waals surface area contributed by atoms with Gasteiger partial charge in [0.1, 0.15) is 11.9 Å². The predicted octanol–water partition coefficient (Wildman–Crippen LogP) is 4.22. The van der Waals surface area contributed by atoms with Crippen molar-refractivity contribution in [3.63, 3.8) is 0 Å². The van der Waals surface area contributed by atoms with Crippen LogP contribution in [-0.4, -0.2) is 45.7 Å². The average Bonchev–Trinajstić information content (AvgIpc) is 3.14. The van der Waals surface area contributed by atoms with E-state index >= 15 is 0 Å². The van der Waals surface area contributed by atoms with Gasteiger partial charge in [0, 0.05) is 13.5 Å². The van der Waals surface area contributed by atoms with E-state index in [0.29, 0.717) is 19.3 Å². The standard InChI is InChI=1S/C23H38N2O5/c1-7-8-9-11-18(26)22-17(24-16(2)25(22)5)14-15-20-19(29-23(3,4)30-20)12-10-13-21(27)28-6/h14-15,18-20,26H,7-13H2,1-6H3/b15-14+/t18-,19+,20-/m1/s1. The molecule has 2 rings (SSSR count). The zero-order valence-electron chi connectivity index (χ0n) is 19.3. The second-order valence-electron chi connectivity index (χ2n) is 8.47. The molecule has 0 spiro atoms. The number of nitrogens with zero attached hydrogens (tertiary/aromatic N) is 2. The molecular weight excluding hydrogens is 384 g/mol. The van der Waals surface area contributed by atoms with Crippen molar-refractivity contribution in [1.82, 2.24) is 9.55 Å². The van der Waals surface area contributed by atoms with Crippen LogP contribution in [0.2, 0.25) is 0 Å². The van der Waals surface area contributed by atoms with Gasteiger partial charge in [-0.05, 0) is 46.1 Å². The molecule has 7 heteroatoms. The molecule has 0 aromatic carbocycles. The Labute approximate surface area is 180 Å². The van der Waals surface area contributed by atoms with Crippen molar-refractivity contribution in [1.29, 1.82) is 0 Å². The molecule has 3 atom stereocenters. The van der Waals surface area contributed by atoms with E-state index in [9.17, 15) is 9.90 Å². The topological polar surface area (TPSA) is 82.8 Å². The second-order valence-corrected chi connectivity index (χ2v) is 8.47. The highest BCUT2D eigenvalue weighted by molar-refractivity contribution is 5.69. The van der Waals surface area contributed by atoms with Gasteiger partial charge in [-0.3, -0.25) is 4.79 Å². The van der Waals surface area contributed by atoms with E-state index in [1.807, 2.05) is 44.5 Å². The third-order valence-electron chi connectivity index (χ3n) is 5.55. The number of methoxy groups -OCH3 is 1. The van der Waals surface area contributed by atoms with Crippen LogP contribution in [-0.2, 0) is 26.1 Å². The van der Waals surface area contributed by atoms with Crippen LogP contribution < -0.4 is 0 Å². The largest absolute Gasteiger partial charge is 0.469 e. The van der Waals surface area contributed by atoms with E-state index in [1.54, 1.807) is 0 Å². The van der Waals surface area contributed by atoms with Gasteiger partial charge in [-0.1, -0.05) is 32.3 Å². The van der Waals surface area contributed by atoms with Crippen LogP contribution in [0.5, 0.6) is 0 Å². The summed E-state index contributed by atoms with van der Waals surface area (Å²) in [5.41, 5.74) is 1.60. The Balaban J connectivity index is 2.12. The molecular formula is C23H38N2O5. The van der Waals surface area contributed by atoms with Gasteiger partial charge in [0.15, 0.2) is 5.79 Å². The van der Waals surface area contributed by atoms with E-state index in [4.69, 9.17) is 14.2 Å². The first kappa shape index (κ1) is 24.6. The minimum absolute atomic E-state index is 0.149. The lowest BCUT2D eigenvalue weighted by Crippen LogP contribution is -2.21. The lowest BCUT2D eigenvalue weighted by atomic mass is 10.0. The number of aliphatic hydroxyl groups is 1. The number of esters is 1. The van der Waals surface area contributed by atoms with Crippen LogP contribution in [0.4, 0.5) is 0 Å². The minimum atomic E-state index is -0.687. The van der Waals surface area contributed by atoms with Crippen LogP contribution in [0.25, 0.3) is 6.08 Å². The van der Waals surface area contributed by atoms with Gasteiger partial charge < -0.3 is 23.9 Å². The number of aliphatic hydroxyl groups excluding tert-OH is 1. The number of hydrogen-bond donors (Lipinski definition) is 1. The third kappa shape index (κ3) is 6.65. The number of aromatic nitrogens is 2. The number of carbonyl (C=O) groups excluding carboxylic acids is 1. The molecule has 0 unspecified atom stereocenters. The Morgan fingerprint density at radius 2 is 2.07 bits per heavy atom. The first-order valence-corrected chi connectivity index (χ1v) is 11.0. The summed E-state index contributed by atoms with van der Waals surface area (Å²) in [6.07, 6.45) is 8.61. The first-order chi connectivity index (χ1) is 14.2. The van der Waals surface area contributed by atoms with Gasteiger partial charge in [-0.25, -0.2) is 4.98 Å². The summed E-state index contributed by atoms with van der Waals surface area (Å²) >= 11 is 0. The number of aryl methyl sites for hydroxylation is 1. The maximum Gasteiger partial charge on any atom is 0.305 e. The molecule has 1 aromatic heterocycles. The van der Waals surface area contributed by atoms with E-state index in [-0.39, 0.29) is 18.2 Å². The summed E-state index contributed by atoms with van der Waals surface area (Å²) in [5.74, 6) is -0.0447. The van der Waals surface area contributed by atoms with Crippen LogP contribution in [0.3, 0.4) is 0 Å². The fraction of sp³-hybridized carbons (Fsp3) is 0.739. The SMILES string of the molecule is CCCCC[C@@H](O)c1c(/C=C/[C@H]2OC(C)(C)O[C@H]2CCCC(=O)OC)nc(C)n1C. The molecule has 1 saturated heterocycles. The van der Waals surface area contributed by atoms with Gasteiger partial charge in [-0.15, -0.1) is 0 Å². The molecule has 7 nitrogen and oxygen atoms in total. The Kier molecular flexibility index (Phi) is 9.07. The Morgan fingerprint density at radius 1 is 1.33 bits per heavy atom. The summed E-state index contributed by atoms with van der Waals surface area (Å²) in [6.45, 7) is 7.87. The molecule has 0 saturated carbocycles. The molecule has 0 amide bonds. The molecule has 170 valence electrons. The number of carbonyl (C=O) groups is 1. The molecule has 0 aliphatic carbocycles. The Bertz CT molecular complexity index is 725. The lowest BCUT2D eigenvalue weighted by molar-refractivity contribution is -0.144. The normalized spacial score (nSPS) is 22.0. The number of hydrogen-bond acceptors (Lipinski definition) is 6. The lowest BCUT2D eigenvalue weighted by Gasteiger charge is -2.16. The fourth-order valence-corrected chi connectivity index (χ4v) is 3.88. The summed E-state index contributed by atoms with van der Waals surface area (Å²) in [5, 5.41) is 10.7. The summed E-state index contributed by atoms with van der Waals surface area (Å²) in [4.78, 5) is 16.0. The van der Waals surface area contributed by atoms with E-state index in [0.717, 1.165) is 42.9 Å². The number of unbranched alkanes of at least 4 members (excludes halogenated alkanes) is 2. The molecule has 30 heavy (non-hydrogen) atoms. The van der Waals surface area contributed by atoms with E-state index in [1.165, 1.54) is 7.11 Å². The molecule has 1 fully saturated rings. The highest BCUT2D eigenvalue weighted by Gasteiger charge is 2.39. The first-order valence-electron chi connectivity index (χ1n) is 11.0. The maximum atomic E-state index is 11.4. The van der Waals surface area contributed by atoms with Crippen molar-refractivity contribution in [2.24, 2.45) is 7.05 Å². The minimum Gasteiger partial charge on any atom is -0.469 e. The Hall–Kier alpha value is -1.70. The smallest absolute Gasteiger partial charge is 0.305 e. The van der Waals surface area contributed by atoms with Crippen LogP contribution in [0.15, 0.2) is 6.08 Å². The summed E-state index contributed by atoms with van der Waals surface area (Å²) in [6, 6.07) is 0. The Morgan fingerprint density at radius 3 is 2.73 bits per heavy atom. The predicted molar refractivity (Wildman–Crippen MR) is 116 cm³/mol. The van der Waals surface area contributed by atoms with Crippen molar-refractivity contribution >= 4 is 12.0 Å². The second kappa shape index (κ2) is 11.1. The average molecular weight is 423 g/mol. The molecule has 2 heterocycles. The van der Waals surface area contributed by atoms with Gasteiger partial charge in [-0.2, -0.15) is 0 Å².